The molecule has 1 N–H and O–H groups in total. The number of rotatable bonds is 6. The zero-order valence-corrected chi connectivity index (χ0v) is 10.9. The third kappa shape index (κ3) is 3.37. The lowest BCUT2D eigenvalue weighted by atomic mass is 10.2. The van der Waals surface area contributed by atoms with E-state index in [1.165, 1.54) is 5.56 Å². The number of hydrogen-bond acceptors (Lipinski definition) is 3. The van der Waals surface area contributed by atoms with Crippen LogP contribution in [0.3, 0.4) is 0 Å². The van der Waals surface area contributed by atoms with Crippen LogP contribution in [0.5, 0.6) is 5.75 Å². The van der Waals surface area contributed by atoms with Crippen LogP contribution in [0.1, 0.15) is 23.8 Å². The zero-order chi connectivity index (χ0) is 12.8. The van der Waals surface area contributed by atoms with Crippen LogP contribution >= 0.6 is 0 Å². The maximum absolute atomic E-state index is 5.71. The maximum atomic E-state index is 5.71. The van der Waals surface area contributed by atoms with Gasteiger partial charge < -0.3 is 14.5 Å². The van der Waals surface area contributed by atoms with E-state index in [2.05, 4.69) is 24.4 Å². The molecule has 0 spiro atoms. The van der Waals surface area contributed by atoms with Crippen molar-refractivity contribution in [3.05, 3.63) is 53.5 Å². The van der Waals surface area contributed by atoms with Crippen molar-refractivity contribution in [2.45, 2.75) is 26.5 Å². The summed E-state index contributed by atoms with van der Waals surface area (Å²) in [4.78, 5) is 0. The number of furan rings is 1. The van der Waals surface area contributed by atoms with E-state index < -0.39 is 0 Å². The Bertz CT molecular complexity index is 491. The topological polar surface area (TPSA) is 34.4 Å². The normalized spacial score (nSPS) is 10.6. The molecule has 1 aromatic carbocycles. The molecular weight excluding hydrogens is 226 g/mol. The van der Waals surface area contributed by atoms with Crippen molar-refractivity contribution in [1.29, 1.82) is 0 Å². The lowest BCUT2D eigenvalue weighted by Gasteiger charge is -2.05. The molecule has 18 heavy (non-hydrogen) atoms. The standard InChI is InChI=1S/C15H19NO2/c1-3-12-5-4-6-14(7-12)18-11-15-8-13(9-16-2)10-17-15/h4-8,10,16H,3,9,11H2,1-2H3. The fourth-order valence-electron chi connectivity index (χ4n) is 1.81. The molecule has 0 saturated heterocycles. The van der Waals surface area contributed by atoms with Crippen LogP contribution in [-0.4, -0.2) is 7.05 Å². The first kappa shape index (κ1) is 12.7. The Morgan fingerprint density at radius 2 is 2.11 bits per heavy atom. The predicted octanol–water partition coefficient (Wildman–Crippen LogP) is 3.14. The highest BCUT2D eigenvalue weighted by Gasteiger charge is 2.02. The monoisotopic (exact) mass is 245 g/mol. The Kier molecular flexibility index (Phi) is 4.42. The SMILES string of the molecule is CCc1cccc(OCc2cc(CNC)co2)c1. The minimum Gasteiger partial charge on any atom is -0.486 e. The fraction of sp³-hybridized carbons (Fsp3) is 0.333. The van der Waals surface area contributed by atoms with Gasteiger partial charge in [-0.15, -0.1) is 0 Å². The predicted molar refractivity (Wildman–Crippen MR) is 71.6 cm³/mol. The molecule has 2 rings (SSSR count). The van der Waals surface area contributed by atoms with E-state index >= 15 is 0 Å². The van der Waals surface area contributed by atoms with Gasteiger partial charge in [0.15, 0.2) is 0 Å². The van der Waals surface area contributed by atoms with Crippen LogP contribution in [0, 0.1) is 0 Å². The van der Waals surface area contributed by atoms with Gasteiger partial charge in [0, 0.05) is 12.1 Å². The third-order valence-corrected chi connectivity index (χ3v) is 2.78. The Morgan fingerprint density at radius 1 is 1.22 bits per heavy atom. The molecular formula is C15H19NO2. The molecule has 2 aromatic rings. The molecule has 3 heteroatoms. The second-order valence-electron chi connectivity index (χ2n) is 4.24. The van der Waals surface area contributed by atoms with Crippen LogP contribution in [-0.2, 0) is 19.6 Å². The molecule has 0 atom stereocenters. The highest BCUT2D eigenvalue weighted by Crippen LogP contribution is 2.16. The molecule has 0 bridgehead atoms. The van der Waals surface area contributed by atoms with E-state index in [0.29, 0.717) is 6.61 Å². The molecule has 1 aromatic heterocycles. The van der Waals surface area contributed by atoms with E-state index in [4.69, 9.17) is 9.15 Å². The van der Waals surface area contributed by atoms with Gasteiger partial charge in [0.2, 0.25) is 0 Å². The first-order valence-electron chi connectivity index (χ1n) is 6.24. The molecule has 0 saturated carbocycles. The van der Waals surface area contributed by atoms with Gasteiger partial charge in [0.05, 0.1) is 6.26 Å². The van der Waals surface area contributed by atoms with E-state index in [0.717, 1.165) is 30.0 Å². The molecule has 0 fully saturated rings. The second kappa shape index (κ2) is 6.26. The van der Waals surface area contributed by atoms with Crippen LogP contribution in [0.4, 0.5) is 0 Å². The molecule has 0 aliphatic heterocycles. The molecule has 0 amide bonds. The van der Waals surface area contributed by atoms with Crippen LogP contribution in [0.25, 0.3) is 0 Å². The molecule has 0 aliphatic carbocycles. The van der Waals surface area contributed by atoms with Crippen molar-refractivity contribution in [3.63, 3.8) is 0 Å². The van der Waals surface area contributed by atoms with Gasteiger partial charge >= 0.3 is 0 Å². The summed E-state index contributed by atoms with van der Waals surface area (Å²) in [6.45, 7) is 3.42. The lowest BCUT2D eigenvalue weighted by molar-refractivity contribution is 0.270. The Hall–Kier alpha value is -1.74. The number of hydrogen-bond donors (Lipinski definition) is 1. The van der Waals surface area contributed by atoms with Gasteiger partial charge in [-0.1, -0.05) is 19.1 Å². The first-order chi connectivity index (χ1) is 8.81. The molecule has 0 unspecified atom stereocenters. The molecule has 96 valence electrons. The van der Waals surface area contributed by atoms with Gasteiger partial charge in [0.1, 0.15) is 18.1 Å². The molecule has 0 radical (unpaired) electrons. The summed E-state index contributed by atoms with van der Waals surface area (Å²) in [6.07, 6.45) is 2.78. The maximum Gasteiger partial charge on any atom is 0.146 e. The van der Waals surface area contributed by atoms with Crippen LogP contribution in [0.15, 0.2) is 41.0 Å². The minimum atomic E-state index is 0.469. The summed E-state index contributed by atoms with van der Waals surface area (Å²) in [6, 6.07) is 10.2. The highest BCUT2D eigenvalue weighted by atomic mass is 16.5. The smallest absolute Gasteiger partial charge is 0.146 e. The number of aryl methyl sites for hydroxylation is 1. The van der Waals surface area contributed by atoms with E-state index in [9.17, 15) is 0 Å². The van der Waals surface area contributed by atoms with Crippen molar-refractivity contribution in [1.82, 2.24) is 5.32 Å². The van der Waals surface area contributed by atoms with Gasteiger partial charge in [0.25, 0.3) is 0 Å². The van der Waals surface area contributed by atoms with Gasteiger partial charge in [-0.3, -0.25) is 0 Å². The third-order valence-electron chi connectivity index (χ3n) is 2.78. The Morgan fingerprint density at radius 3 is 2.89 bits per heavy atom. The summed E-state index contributed by atoms with van der Waals surface area (Å²) in [5.74, 6) is 1.74. The highest BCUT2D eigenvalue weighted by molar-refractivity contribution is 5.28. The van der Waals surface area contributed by atoms with Crippen molar-refractivity contribution in [2.24, 2.45) is 0 Å². The number of ether oxygens (including phenoxy) is 1. The quantitative estimate of drug-likeness (QED) is 0.849. The van der Waals surface area contributed by atoms with Crippen LogP contribution in [0.2, 0.25) is 0 Å². The molecule has 3 nitrogen and oxygen atoms in total. The van der Waals surface area contributed by atoms with E-state index in [1.54, 1.807) is 6.26 Å². The average Bonchev–Trinajstić information content (AvgIpc) is 2.85. The van der Waals surface area contributed by atoms with Crippen molar-refractivity contribution < 1.29 is 9.15 Å². The summed E-state index contributed by atoms with van der Waals surface area (Å²) >= 11 is 0. The van der Waals surface area contributed by atoms with Crippen molar-refractivity contribution in [2.75, 3.05) is 7.05 Å². The molecule has 0 aliphatic rings. The van der Waals surface area contributed by atoms with Gasteiger partial charge in [-0.05, 0) is 37.2 Å². The fourth-order valence-corrected chi connectivity index (χ4v) is 1.81. The summed E-state index contributed by atoms with van der Waals surface area (Å²) < 4.78 is 11.1. The molecule has 1 heterocycles. The summed E-state index contributed by atoms with van der Waals surface area (Å²) in [5.41, 5.74) is 2.42. The van der Waals surface area contributed by atoms with Gasteiger partial charge in [-0.25, -0.2) is 0 Å². The largest absolute Gasteiger partial charge is 0.486 e. The first-order valence-corrected chi connectivity index (χ1v) is 6.24. The second-order valence-corrected chi connectivity index (χ2v) is 4.24. The lowest BCUT2D eigenvalue weighted by Crippen LogP contribution is -2.03. The average molecular weight is 245 g/mol. The minimum absolute atomic E-state index is 0.469. The van der Waals surface area contributed by atoms with Crippen molar-refractivity contribution >= 4 is 0 Å². The summed E-state index contributed by atoms with van der Waals surface area (Å²) in [7, 11) is 1.92. The summed E-state index contributed by atoms with van der Waals surface area (Å²) in [5, 5.41) is 3.09. The number of benzene rings is 1. The van der Waals surface area contributed by atoms with Crippen molar-refractivity contribution in [3.8, 4) is 5.75 Å². The van der Waals surface area contributed by atoms with E-state index in [-0.39, 0.29) is 0 Å². The number of nitrogens with one attached hydrogen (secondary N) is 1. The van der Waals surface area contributed by atoms with E-state index in [1.807, 2.05) is 25.2 Å². The zero-order valence-electron chi connectivity index (χ0n) is 10.9. The Balaban J connectivity index is 1.93. The van der Waals surface area contributed by atoms with Crippen LogP contribution < -0.4 is 10.1 Å². The van der Waals surface area contributed by atoms with Gasteiger partial charge in [-0.2, -0.15) is 0 Å². The Labute approximate surface area is 108 Å².